The van der Waals surface area contributed by atoms with Gasteiger partial charge >= 0.3 is 6.03 Å². The fourth-order valence-corrected chi connectivity index (χ4v) is 5.55. The molecule has 3 amide bonds. The van der Waals surface area contributed by atoms with Gasteiger partial charge in [0.25, 0.3) is 0 Å². The number of urea groups is 1. The van der Waals surface area contributed by atoms with E-state index < -0.39 is 0 Å². The summed E-state index contributed by atoms with van der Waals surface area (Å²) in [6, 6.07) is 0.499. The van der Waals surface area contributed by atoms with Crippen LogP contribution in [0.3, 0.4) is 0 Å². The van der Waals surface area contributed by atoms with E-state index in [1.54, 1.807) is 7.11 Å². The molecule has 0 bridgehead atoms. The molecule has 3 atom stereocenters. The summed E-state index contributed by atoms with van der Waals surface area (Å²) in [6.45, 7) is 5.52. The molecule has 8 nitrogen and oxygen atoms in total. The average molecular weight is 409 g/mol. The van der Waals surface area contributed by atoms with Crippen molar-refractivity contribution in [3.05, 3.63) is 0 Å². The van der Waals surface area contributed by atoms with Crippen molar-refractivity contribution in [2.24, 2.45) is 5.92 Å². The number of hydrogen-bond acceptors (Lipinski definition) is 5. The Hall–Kier alpha value is -1.38. The first-order valence-corrected chi connectivity index (χ1v) is 11.3. The molecule has 0 radical (unpaired) electrons. The minimum atomic E-state index is -0.0824. The van der Waals surface area contributed by atoms with Crippen LogP contribution >= 0.6 is 0 Å². The molecule has 4 rings (SSSR count). The first kappa shape index (κ1) is 20.9. The number of carbonyl (C=O) groups is 2. The quantitative estimate of drug-likeness (QED) is 0.749. The molecule has 0 aromatic carbocycles. The number of likely N-dealkylation sites (tertiary alicyclic amines) is 1. The predicted octanol–water partition coefficient (Wildman–Crippen LogP) is 0.909. The van der Waals surface area contributed by atoms with E-state index in [1.807, 2.05) is 9.80 Å². The van der Waals surface area contributed by atoms with Gasteiger partial charge in [-0.3, -0.25) is 9.69 Å². The van der Waals surface area contributed by atoms with Crippen LogP contribution in [0.1, 0.15) is 38.5 Å². The molecular formula is C21H36N4O4. The van der Waals surface area contributed by atoms with Crippen molar-refractivity contribution >= 4 is 11.9 Å². The third-order valence-electron chi connectivity index (χ3n) is 7.18. The van der Waals surface area contributed by atoms with Crippen LogP contribution < -0.4 is 5.32 Å². The molecule has 0 aromatic rings. The third kappa shape index (κ3) is 4.86. The number of nitrogens with zero attached hydrogens (tertiary/aromatic N) is 3. The number of amides is 3. The Kier molecular flexibility index (Phi) is 6.92. The second-order valence-electron chi connectivity index (χ2n) is 8.98. The summed E-state index contributed by atoms with van der Waals surface area (Å²) in [7, 11) is 1.80. The number of carbonyl (C=O) groups excluding carboxylic acids is 2. The van der Waals surface area contributed by atoms with E-state index in [2.05, 4.69) is 10.2 Å². The Morgan fingerprint density at radius 3 is 2.59 bits per heavy atom. The average Bonchev–Trinajstić information content (AvgIpc) is 2.77. The highest BCUT2D eigenvalue weighted by molar-refractivity contribution is 5.79. The van der Waals surface area contributed by atoms with Gasteiger partial charge in [0, 0.05) is 52.4 Å². The van der Waals surface area contributed by atoms with Gasteiger partial charge in [-0.2, -0.15) is 0 Å². The van der Waals surface area contributed by atoms with E-state index >= 15 is 0 Å². The highest BCUT2D eigenvalue weighted by Gasteiger charge is 2.38. The van der Waals surface area contributed by atoms with Crippen LogP contribution in [0.25, 0.3) is 0 Å². The van der Waals surface area contributed by atoms with Gasteiger partial charge in [-0.1, -0.05) is 19.3 Å². The van der Waals surface area contributed by atoms with E-state index in [0.717, 1.165) is 45.1 Å². The Morgan fingerprint density at radius 1 is 1.10 bits per heavy atom. The van der Waals surface area contributed by atoms with Crippen LogP contribution in [-0.2, 0) is 14.3 Å². The molecule has 4 aliphatic rings. The van der Waals surface area contributed by atoms with Gasteiger partial charge in [0.1, 0.15) is 6.61 Å². The zero-order chi connectivity index (χ0) is 20.2. The lowest BCUT2D eigenvalue weighted by Gasteiger charge is -2.46. The van der Waals surface area contributed by atoms with Crippen LogP contribution in [0.2, 0.25) is 0 Å². The summed E-state index contributed by atoms with van der Waals surface area (Å²) in [4.78, 5) is 31.1. The summed E-state index contributed by atoms with van der Waals surface area (Å²) in [5.41, 5.74) is 0. The number of morpholine rings is 1. The number of nitrogens with one attached hydrogen (secondary N) is 1. The monoisotopic (exact) mass is 408 g/mol. The fraction of sp³-hybridized carbons (Fsp3) is 0.905. The minimum Gasteiger partial charge on any atom is -0.383 e. The summed E-state index contributed by atoms with van der Waals surface area (Å²) >= 11 is 0. The molecule has 3 unspecified atom stereocenters. The van der Waals surface area contributed by atoms with Gasteiger partial charge < -0.3 is 24.6 Å². The third-order valence-corrected chi connectivity index (χ3v) is 7.18. The molecule has 3 heterocycles. The van der Waals surface area contributed by atoms with Gasteiger partial charge in [-0.15, -0.1) is 0 Å². The predicted molar refractivity (Wildman–Crippen MR) is 109 cm³/mol. The molecule has 0 aromatic heterocycles. The number of piperazine rings is 1. The SMILES string of the molecule is COCC(C1CCCCC1)N1CCN(C(=O)N2CCC3OCC(=O)NC3C2)CC1. The first-order chi connectivity index (χ1) is 14.2. The molecule has 3 aliphatic heterocycles. The van der Waals surface area contributed by atoms with Gasteiger partial charge in [-0.05, 0) is 25.2 Å². The number of methoxy groups -OCH3 is 1. The maximum absolute atomic E-state index is 13.1. The molecule has 8 heteroatoms. The number of piperidine rings is 1. The molecule has 0 spiro atoms. The lowest BCUT2D eigenvalue weighted by molar-refractivity contribution is -0.139. The molecule has 1 saturated carbocycles. The van der Waals surface area contributed by atoms with Gasteiger partial charge in [-0.25, -0.2) is 4.79 Å². The highest BCUT2D eigenvalue weighted by Crippen LogP contribution is 2.30. The Morgan fingerprint density at radius 2 is 1.86 bits per heavy atom. The van der Waals surface area contributed by atoms with E-state index in [-0.39, 0.29) is 30.7 Å². The lowest BCUT2D eigenvalue weighted by Crippen LogP contribution is -2.63. The van der Waals surface area contributed by atoms with Crippen LogP contribution in [0.4, 0.5) is 4.79 Å². The lowest BCUT2D eigenvalue weighted by atomic mass is 9.83. The highest BCUT2D eigenvalue weighted by atomic mass is 16.5. The Labute approximate surface area is 173 Å². The van der Waals surface area contributed by atoms with Crippen LogP contribution in [0.5, 0.6) is 0 Å². The summed E-state index contributed by atoms with van der Waals surface area (Å²) in [5.74, 6) is 0.640. The summed E-state index contributed by atoms with van der Waals surface area (Å²) in [5, 5.41) is 2.98. The van der Waals surface area contributed by atoms with Crippen molar-refractivity contribution < 1.29 is 19.1 Å². The van der Waals surface area contributed by atoms with Crippen molar-refractivity contribution in [2.75, 3.05) is 59.6 Å². The number of hydrogen-bond donors (Lipinski definition) is 1. The van der Waals surface area contributed by atoms with Gasteiger partial charge in [0.05, 0.1) is 18.8 Å². The van der Waals surface area contributed by atoms with Gasteiger partial charge in [0.15, 0.2) is 0 Å². The van der Waals surface area contributed by atoms with Crippen LogP contribution in [0, 0.1) is 5.92 Å². The Bertz CT molecular complexity index is 575. The standard InChI is InChI=1S/C21H36N4O4/c1-28-14-18(16-5-3-2-4-6-16)23-9-11-24(12-10-23)21(27)25-8-7-19-17(13-25)22-20(26)15-29-19/h16-19H,2-15H2,1H3,(H,22,26). The van der Waals surface area contributed by atoms with Crippen LogP contribution in [-0.4, -0.2) is 104 Å². The molecule has 164 valence electrons. The minimum absolute atomic E-state index is 0.0406. The van der Waals surface area contributed by atoms with Crippen molar-refractivity contribution in [1.82, 2.24) is 20.0 Å². The molecule has 1 N–H and O–H groups in total. The second kappa shape index (κ2) is 9.62. The van der Waals surface area contributed by atoms with Crippen molar-refractivity contribution in [1.29, 1.82) is 0 Å². The smallest absolute Gasteiger partial charge is 0.320 e. The zero-order valence-corrected chi connectivity index (χ0v) is 17.7. The molecule has 29 heavy (non-hydrogen) atoms. The van der Waals surface area contributed by atoms with Crippen LogP contribution in [0.15, 0.2) is 0 Å². The molecular weight excluding hydrogens is 372 g/mol. The van der Waals surface area contributed by atoms with E-state index in [0.29, 0.717) is 19.1 Å². The van der Waals surface area contributed by atoms with E-state index in [1.165, 1.54) is 32.1 Å². The first-order valence-electron chi connectivity index (χ1n) is 11.3. The fourth-order valence-electron chi connectivity index (χ4n) is 5.55. The topological polar surface area (TPSA) is 74.3 Å². The number of ether oxygens (including phenoxy) is 2. The van der Waals surface area contributed by atoms with Gasteiger partial charge in [0.2, 0.25) is 5.91 Å². The molecule has 4 fully saturated rings. The zero-order valence-electron chi connectivity index (χ0n) is 17.7. The van der Waals surface area contributed by atoms with E-state index in [4.69, 9.17) is 9.47 Å². The maximum Gasteiger partial charge on any atom is 0.320 e. The number of fused-ring (bicyclic) bond motifs is 1. The summed E-state index contributed by atoms with van der Waals surface area (Å²) < 4.78 is 11.2. The van der Waals surface area contributed by atoms with Crippen molar-refractivity contribution in [2.45, 2.75) is 56.7 Å². The molecule has 3 saturated heterocycles. The normalized spacial score (nSPS) is 30.6. The van der Waals surface area contributed by atoms with Crippen molar-refractivity contribution in [3.63, 3.8) is 0 Å². The largest absolute Gasteiger partial charge is 0.383 e. The van der Waals surface area contributed by atoms with E-state index in [9.17, 15) is 9.59 Å². The maximum atomic E-state index is 13.1. The number of rotatable bonds is 4. The van der Waals surface area contributed by atoms with Crippen molar-refractivity contribution in [3.8, 4) is 0 Å². The Balaban J connectivity index is 1.29. The molecule has 1 aliphatic carbocycles. The summed E-state index contributed by atoms with van der Waals surface area (Å²) in [6.07, 6.45) is 7.46. The second-order valence-corrected chi connectivity index (χ2v) is 8.98.